The Morgan fingerprint density at radius 3 is 2.62 bits per heavy atom. The van der Waals surface area contributed by atoms with Gasteiger partial charge in [0.2, 0.25) is 5.91 Å². The molecule has 21 heavy (non-hydrogen) atoms. The molecule has 0 aliphatic heterocycles. The molecule has 1 amide bonds. The molecule has 1 aromatic carbocycles. The van der Waals surface area contributed by atoms with Crippen molar-refractivity contribution in [2.24, 2.45) is 0 Å². The van der Waals surface area contributed by atoms with E-state index in [0.717, 1.165) is 17.7 Å². The van der Waals surface area contributed by atoms with Crippen LogP contribution in [0.5, 0.6) is 0 Å². The number of anilines is 2. The third-order valence-electron chi connectivity index (χ3n) is 2.78. The van der Waals surface area contributed by atoms with Crippen molar-refractivity contribution in [1.82, 2.24) is 9.97 Å². The summed E-state index contributed by atoms with van der Waals surface area (Å²) in [6.45, 7) is 2.12. The number of nitrogens with zero attached hydrogens (tertiary/aromatic N) is 3. The minimum absolute atomic E-state index is 0.0869. The van der Waals surface area contributed by atoms with Crippen LogP contribution >= 0.6 is 0 Å². The topological polar surface area (TPSA) is 90.7 Å². The third kappa shape index (κ3) is 4.28. The van der Waals surface area contributed by atoms with Crippen molar-refractivity contribution in [2.45, 2.75) is 13.3 Å². The highest BCUT2D eigenvalue weighted by atomic mass is 16.1. The van der Waals surface area contributed by atoms with Gasteiger partial charge in [-0.15, -0.1) is 0 Å². The second-order valence-electron chi connectivity index (χ2n) is 4.42. The lowest BCUT2D eigenvalue weighted by molar-refractivity contribution is -0.114. The zero-order chi connectivity index (χ0) is 15.1. The van der Waals surface area contributed by atoms with Crippen LogP contribution in [-0.2, 0) is 11.2 Å². The Labute approximate surface area is 122 Å². The van der Waals surface area contributed by atoms with Crippen molar-refractivity contribution in [3.63, 3.8) is 0 Å². The number of benzene rings is 1. The van der Waals surface area contributed by atoms with Crippen LogP contribution in [0.2, 0.25) is 0 Å². The molecule has 0 saturated carbocycles. The van der Waals surface area contributed by atoms with E-state index in [1.54, 1.807) is 6.20 Å². The number of hydrogen-bond donors (Lipinski definition) is 2. The van der Waals surface area contributed by atoms with Gasteiger partial charge in [0.15, 0.2) is 11.5 Å². The number of carbonyl (C=O) groups excluding carboxylic acids is 1. The Hall–Kier alpha value is -2.94. The number of nitrogens with one attached hydrogen (secondary N) is 2. The standard InChI is InChI=1S/C15H15N5O/c1-11(21)20-13-4-2-12(3-5-13)6-7-18-15-14(10-16)17-8-9-19-15/h2-5,8-9H,6-7H2,1H3,(H,18,19)(H,20,21). The van der Waals surface area contributed by atoms with Crippen molar-refractivity contribution in [1.29, 1.82) is 5.26 Å². The second-order valence-corrected chi connectivity index (χ2v) is 4.42. The average molecular weight is 281 g/mol. The van der Waals surface area contributed by atoms with E-state index in [1.165, 1.54) is 13.1 Å². The maximum Gasteiger partial charge on any atom is 0.221 e. The van der Waals surface area contributed by atoms with E-state index in [-0.39, 0.29) is 5.91 Å². The van der Waals surface area contributed by atoms with Gasteiger partial charge in [-0.3, -0.25) is 4.79 Å². The maximum atomic E-state index is 10.9. The fourth-order valence-electron chi connectivity index (χ4n) is 1.83. The van der Waals surface area contributed by atoms with Crippen molar-refractivity contribution in [2.75, 3.05) is 17.2 Å². The second kappa shape index (κ2) is 7.01. The van der Waals surface area contributed by atoms with E-state index in [0.29, 0.717) is 18.1 Å². The number of nitriles is 1. The summed E-state index contributed by atoms with van der Waals surface area (Å²) in [4.78, 5) is 18.9. The van der Waals surface area contributed by atoms with Crippen molar-refractivity contribution in [3.05, 3.63) is 47.9 Å². The first-order chi connectivity index (χ1) is 10.2. The van der Waals surface area contributed by atoms with Gasteiger partial charge < -0.3 is 10.6 Å². The Balaban J connectivity index is 1.89. The van der Waals surface area contributed by atoms with E-state index in [1.807, 2.05) is 30.3 Å². The molecular weight excluding hydrogens is 266 g/mol. The molecule has 0 bridgehead atoms. The van der Waals surface area contributed by atoms with Gasteiger partial charge >= 0.3 is 0 Å². The Morgan fingerprint density at radius 1 is 1.24 bits per heavy atom. The fourth-order valence-corrected chi connectivity index (χ4v) is 1.83. The van der Waals surface area contributed by atoms with E-state index in [2.05, 4.69) is 20.6 Å². The van der Waals surface area contributed by atoms with Crippen LogP contribution < -0.4 is 10.6 Å². The number of hydrogen-bond acceptors (Lipinski definition) is 5. The smallest absolute Gasteiger partial charge is 0.221 e. The van der Waals surface area contributed by atoms with Gasteiger partial charge in [-0.1, -0.05) is 12.1 Å². The quantitative estimate of drug-likeness (QED) is 0.874. The van der Waals surface area contributed by atoms with Gasteiger partial charge in [0.05, 0.1) is 0 Å². The fraction of sp³-hybridized carbons (Fsp3) is 0.200. The van der Waals surface area contributed by atoms with Crippen LogP contribution in [0.25, 0.3) is 0 Å². The largest absolute Gasteiger partial charge is 0.367 e. The van der Waals surface area contributed by atoms with Crippen LogP contribution in [0.4, 0.5) is 11.5 Å². The normalized spacial score (nSPS) is 9.71. The number of rotatable bonds is 5. The molecule has 2 aromatic rings. The van der Waals surface area contributed by atoms with E-state index < -0.39 is 0 Å². The molecule has 106 valence electrons. The zero-order valence-electron chi connectivity index (χ0n) is 11.6. The molecular formula is C15H15N5O. The predicted molar refractivity (Wildman–Crippen MR) is 79.7 cm³/mol. The van der Waals surface area contributed by atoms with Crippen LogP contribution in [0.3, 0.4) is 0 Å². The molecule has 0 spiro atoms. The first kappa shape index (κ1) is 14.5. The number of carbonyl (C=O) groups is 1. The maximum absolute atomic E-state index is 10.9. The number of amides is 1. The van der Waals surface area contributed by atoms with Gasteiger partial charge in [0, 0.05) is 31.5 Å². The molecule has 6 nitrogen and oxygen atoms in total. The third-order valence-corrected chi connectivity index (χ3v) is 2.78. The summed E-state index contributed by atoms with van der Waals surface area (Å²) in [6, 6.07) is 9.62. The van der Waals surface area contributed by atoms with E-state index in [4.69, 9.17) is 5.26 Å². The molecule has 0 saturated heterocycles. The lowest BCUT2D eigenvalue weighted by Crippen LogP contribution is -2.09. The Bertz CT molecular complexity index is 661. The summed E-state index contributed by atoms with van der Waals surface area (Å²) in [5, 5.41) is 14.7. The van der Waals surface area contributed by atoms with Gasteiger partial charge in [0.1, 0.15) is 6.07 Å². The Kier molecular flexibility index (Phi) is 4.83. The van der Waals surface area contributed by atoms with E-state index >= 15 is 0 Å². The molecule has 2 N–H and O–H groups in total. The number of aromatic nitrogens is 2. The molecule has 1 aromatic heterocycles. The van der Waals surface area contributed by atoms with Gasteiger partial charge in [-0.2, -0.15) is 5.26 Å². The van der Waals surface area contributed by atoms with E-state index in [9.17, 15) is 4.79 Å². The summed E-state index contributed by atoms with van der Waals surface area (Å²) in [6.07, 6.45) is 3.82. The van der Waals surface area contributed by atoms with Crippen LogP contribution in [0, 0.1) is 11.3 Å². The molecule has 0 atom stereocenters. The first-order valence-electron chi connectivity index (χ1n) is 6.50. The summed E-state index contributed by atoms with van der Waals surface area (Å²) in [5.41, 5.74) is 2.19. The van der Waals surface area contributed by atoms with Gasteiger partial charge in [0.25, 0.3) is 0 Å². The molecule has 6 heteroatoms. The van der Waals surface area contributed by atoms with Crippen LogP contribution in [0.15, 0.2) is 36.7 Å². The lowest BCUT2D eigenvalue weighted by Gasteiger charge is -2.07. The molecule has 2 rings (SSSR count). The summed E-state index contributed by atoms with van der Waals surface area (Å²) in [7, 11) is 0. The van der Waals surface area contributed by atoms with Crippen LogP contribution in [-0.4, -0.2) is 22.4 Å². The highest BCUT2D eigenvalue weighted by Crippen LogP contribution is 2.11. The minimum atomic E-state index is -0.0869. The van der Waals surface area contributed by atoms with Crippen LogP contribution in [0.1, 0.15) is 18.2 Å². The molecule has 0 fully saturated rings. The first-order valence-corrected chi connectivity index (χ1v) is 6.50. The molecule has 0 aliphatic rings. The monoisotopic (exact) mass is 281 g/mol. The SMILES string of the molecule is CC(=O)Nc1ccc(CCNc2nccnc2C#N)cc1. The molecule has 0 radical (unpaired) electrons. The Morgan fingerprint density at radius 2 is 1.95 bits per heavy atom. The highest BCUT2D eigenvalue weighted by Gasteiger charge is 2.03. The minimum Gasteiger partial charge on any atom is -0.367 e. The summed E-state index contributed by atoms with van der Waals surface area (Å²) < 4.78 is 0. The lowest BCUT2D eigenvalue weighted by atomic mass is 10.1. The average Bonchev–Trinajstić information content (AvgIpc) is 2.49. The molecule has 1 heterocycles. The van der Waals surface area contributed by atoms with Crippen molar-refractivity contribution in [3.8, 4) is 6.07 Å². The molecule has 0 aliphatic carbocycles. The zero-order valence-corrected chi connectivity index (χ0v) is 11.6. The van der Waals surface area contributed by atoms with Gasteiger partial charge in [-0.25, -0.2) is 9.97 Å². The molecule has 0 unspecified atom stereocenters. The van der Waals surface area contributed by atoms with Gasteiger partial charge in [-0.05, 0) is 24.1 Å². The summed E-state index contributed by atoms with van der Waals surface area (Å²) in [5.74, 6) is 0.408. The van der Waals surface area contributed by atoms with Crippen molar-refractivity contribution >= 4 is 17.4 Å². The van der Waals surface area contributed by atoms with Crippen molar-refractivity contribution < 1.29 is 4.79 Å². The summed E-state index contributed by atoms with van der Waals surface area (Å²) >= 11 is 0. The highest BCUT2D eigenvalue weighted by molar-refractivity contribution is 5.88. The predicted octanol–water partition coefficient (Wildman–Crippen LogP) is 1.96.